The predicted molar refractivity (Wildman–Crippen MR) is 85.5 cm³/mol. The van der Waals surface area contributed by atoms with Gasteiger partial charge in [-0.3, -0.25) is 0 Å². The smallest absolute Gasteiger partial charge is 0.0991 e. The maximum absolute atomic E-state index is 4.08. The van der Waals surface area contributed by atoms with Gasteiger partial charge in [-0.05, 0) is 44.1 Å². The van der Waals surface area contributed by atoms with Gasteiger partial charge in [0.15, 0.2) is 0 Å². The molecule has 0 aliphatic carbocycles. The molecule has 3 rings (SSSR count). The summed E-state index contributed by atoms with van der Waals surface area (Å²) in [7, 11) is 2.21. The van der Waals surface area contributed by atoms with E-state index in [9.17, 15) is 0 Å². The summed E-state index contributed by atoms with van der Waals surface area (Å²) in [5.74, 6) is 0. The van der Waals surface area contributed by atoms with Crippen molar-refractivity contribution in [2.45, 2.75) is 31.8 Å². The van der Waals surface area contributed by atoms with E-state index in [0.717, 1.165) is 18.8 Å². The molecule has 4 nitrogen and oxygen atoms in total. The molecule has 1 saturated heterocycles. The van der Waals surface area contributed by atoms with Crippen LogP contribution < -0.4 is 5.32 Å². The van der Waals surface area contributed by atoms with Gasteiger partial charge < -0.3 is 14.8 Å². The number of hydrogen-bond acceptors (Lipinski definition) is 3. The van der Waals surface area contributed by atoms with Gasteiger partial charge in [-0.25, -0.2) is 4.98 Å². The van der Waals surface area contributed by atoms with Gasteiger partial charge in [-0.1, -0.05) is 18.6 Å². The molecule has 1 N–H and O–H groups in total. The molecule has 0 spiro atoms. The van der Waals surface area contributed by atoms with Crippen molar-refractivity contribution in [2.24, 2.45) is 0 Å². The van der Waals surface area contributed by atoms with Crippen molar-refractivity contribution in [1.82, 2.24) is 19.8 Å². The van der Waals surface area contributed by atoms with E-state index in [-0.39, 0.29) is 0 Å². The van der Waals surface area contributed by atoms with Crippen molar-refractivity contribution >= 4 is 0 Å². The maximum atomic E-state index is 4.08. The zero-order chi connectivity index (χ0) is 14.5. The molecule has 0 amide bonds. The van der Waals surface area contributed by atoms with E-state index in [4.69, 9.17) is 0 Å². The van der Waals surface area contributed by atoms with Gasteiger partial charge in [0.05, 0.1) is 6.33 Å². The Morgan fingerprint density at radius 3 is 2.81 bits per heavy atom. The largest absolute Gasteiger partial charge is 0.313 e. The van der Waals surface area contributed by atoms with E-state index in [2.05, 4.69) is 46.5 Å². The Hall–Kier alpha value is -1.65. The first kappa shape index (κ1) is 14.3. The fourth-order valence-corrected chi connectivity index (χ4v) is 3.02. The number of nitrogens with zero attached hydrogens (tertiary/aromatic N) is 3. The summed E-state index contributed by atoms with van der Waals surface area (Å²) in [5, 5.41) is 3.61. The lowest BCUT2D eigenvalue weighted by Gasteiger charge is -2.28. The topological polar surface area (TPSA) is 33.1 Å². The van der Waals surface area contributed by atoms with Gasteiger partial charge in [0.2, 0.25) is 0 Å². The molecular weight excluding hydrogens is 260 g/mol. The number of likely N-dealkylation sites (N-methyl/N-ethyl adjacent to an activating group) is 1. The standard InChI is InChI=1S/C17H24N4/c1-20(13-16-4-2-3-9-19-16)12-15-5-7-17(8-6-15)21-11-10-18-14-21/h5-8,10-11,14,16,19H,2-4,9,12-13H2,1H3. The third-order valence-electron chi connectivity index (χ3n) is 4.14. The summed E-state index contributed by atoms with van der Waals surface area (Å²) in [6.07, 6.45) is 9.61. The van der Waals surface area contributed by atoms with Crippen LogP contribution in [0.3, 0.4) is 0 Å². The molecule has 4 heteroatoms. The highest BCUT2D eigenvalue weighted by Crippen LogP contribution is 2.12. The number of aromatic nitrogens is 2. The van der Waals surface area contributed by atoms with Crippen LogP contribution in [0.1, 0.15) is 24.8 Å². The number of imidazole rings is 1. The molecule has 0 radical (unpaired) electrons. The van der Waals surface area contributed by atoms with Gasteiger partial charge in [-0.2, -0.15) is 0 Å². The van der Waals surface area contributed by atoms with Crippen molar-refractivity contribution in [3.8, 4) is 5.69 Å². The minimum Gasteiger partial charge on any atom is -0.313 e. The normalized spacial score (nSPS) is 19.0. The summed E-state index contributed by atoms with van der Waals surface area (Å²) in [6, 6.07) is 9.39. The van der Waals surface area contributed by atoms with E-state index in [1.54, 1.807) is 6.20 Å². The van der Waals surface area contributed by atoms with Crippen molar-refractivity contribution in [3.63, 3.8) is 0 Å². The van der Waals surface area contributed by atoms with Gasteiger partial charge >= 0.3 is 0 Å². The number of piperidine rings is 1. The number of rotatable bonds is 5. The first-order valence-corrected chi connectivity index (χ1v) is 7.80. The lowest BCUT2D eigenvalue weighted by atomic mass is 10.0. The van der Waals surface area contributed by atoms with Gasteiger partial charge in [0, 0.05) is 37.2 Å². The van der Waals surface area contributed by atoms with Crippen LogP contribution >= 0.6 is 0 Å². The Morgan fingerprint density at radius 1 is 1.29 bits per heavy atom. The SMILES string of the molecule is CN(Cc1ccc(-n2ccnc2)cc1)CC1CCCCN1. The molecule has 2 heterocycles. The first-order valence-electron chi connectivity index (χ1n) is 7.80. The van der Waals surface area contributed by atoms with E-state index in [1.807, 2.05) is 17.1 Å². The van der Waals surface area contributed by atoms with E-state index in [0.29, 0.717) is 6.04 Å². The molecule has 112 valence electrons. The number of nitrogens with one attached hydrogen (secondary N) is 1. The van der Waals surface area contributed by atoms with Crippen molar-refractivity contribution in [2.75, 3.05) is 20.1 Å². The average Bonchev–Trinajstić information content (AvgIpc) is 3.03. The van der Waals surface area contributed by atoms with Crippen molar-refractivity contribution < 1.29 is 0 Å². The van der Waals surface area contributed by atoms with Crippen LogP contribution in [0.2, 0.25) is 0 Å². The molecule has 1 aliphatic heterocycles. The number of hydrogen-bond donors (Lipinski definition) is 1. The number of benzene rings is 1. The molecule has 0 saturated carbocycles. The molecule has 1 fully saturated rings. The van der Waals surface area contributed by atoms with Crippen molar-refractivity contribution in [3.05, 3.63) is 48.5 Å². The second-order valence-corrected chi connectivity index (χ2v) is 5.98. The minimum absolute atomic E-state index is 0.661. The summed E-state index contributed by atoms with van der Waals surface area (Å²) in [4.78, 5) is 6.49. The maximum Gasteiger partial charge on any atom is 0.0991 e. The quantitative estimate of drug-likeness (QED) is 0.915. The van der Waals surface area contributed by atoms with E-state index < -0.39 is 0 Å². The molecule has 0 bridgehead atoms. The third kappa shape index (κ3) is 3.93. The summed E-state index contributed by atoms with van der Waals surface area (Å²) < 4.78 is 2.03. The van der Waals surface area contributed by atoms with Crippen LogP contribution in [0, 0.1) is 0 Å². The predicted octanol–water partition coefficient (Wildman–Crippen LogP) is 2.45. The summed E-state index contributed by atoms with van der Waals surface area (Å²) in [6.45, 7) is 3.31. The second-order valence-electron chi connectivity index (χ2n) is 5.98. The highest BCUT2D eigenvalue weighted by atomic mass is 15.1. The van der Waals surface area contributed by atoms with Crippen LogP contribution in [-0.4, -0.2) is 40.6 Å². The fraction of sp³-hybridized carbons (Fsp3) is 0.471. The molecule has 1 unspecified atom stereocenters. The zero-order valence-corrected chi connectivity index (χ0v) is 12.7. The summed E-state index contributed by atoms with van der Waals surface area (Å²) in [5.41, 5.74) is 2.52. The molecule has 1 atom stereocenters. The fourth-order valence-electron chi connectivity index (χ4n) is 3.02. The average molecular weight is 284 g/mol. The Labute approximate surface area is 126 Å². The van der Waals surface area contributed by atoms with Crippen LogP contribution in [-0.2, 0) is 6.54 Å². The molecule has 21 heavy (non-hydrogen) atoms. The van der Waals surface area contributed by atoms with Gasteiger partial charge in [0.1, 0.15) is 0 Å². The molecule has 2 aromatic rings. The monoisotopic (exact) mass is 284 g/mol. The molecule has 1 aromatic heterocycles. The summed E-state index contributed by atoms with van der Waals surface area (Å²) >= 11 is 0. The van der Waals surface area contributed by atoms with Crippen LogP contribution in [0.25, 0.3) is 5.69 Å². The Morgan fingerprint density at radius 2 is 2.14 bits per heavy atom. The first-order chi connectivity index (χ1) is 10.3. The second kappa shape index (κ2) is 6.87. The molecule has 1 aliphatic rings. The Kier molecular flexibility index (Phi) is 4.68. The lowest BCUT2D eigenvalue weighted by Crippen LogP contribution is -2.42. The van der Waals surface area contributed by atoms with E-state index in [1.165, 1.54) is 31.4 Å². The van der Waals surface area contributed by atoms with Gasteiger partial charge in [-0.15, -0.1) is 0 Å². The zero-order valence-electron chi connectivity index (χ0n) is 12.7. The van der Waals surface area contributed by atoms with E-state index >= 15 is 0 Å². The minimum atomic E-state index is 0.661. The highest BCUT2D eigenvalue weighted by molar-refractivity contribution is 5.34. The van der Waals surface area contributed by atoms with Crippen LogP contribution in [0.5, 0.6) is 0 Å². The Balaban J connectivity index is 1.54. The third-order valence-corrected chi connectivity index (χ3v) is 4.14. The van der Waals surface area contributed by atoms with Crippen molar-refractivity contribution in [1.29, 1.82) is 0 Å². The highest BCUT2D eigenvalue weighted by Gasteiger charge is 2.14. The lowest BCUT2D eigenvalue weighted by molar-refractivity contribution is 0.256. The molecular formula is C17H24N4. The molecule has 1 aromatic carbocycles. The van der Waals surface area contributed by atoms with Crippen LogP contribution in [0.4, 0.5) is 0 Å². The van der Waals surface area contributed by atoms with Crippen LogP contribution in [0.15, 0.2) is 43.0 Å². The Bertz CT molecular complexity index is 526. The van der Waals surface area contributed by atoms with Gasteiger partial charge in [0.25, 0.3) is 0 Å².